The Morgan fingerprint density at radius 1 is 0.903 bits per heavy atom. The quantitative estimate of drug-likeness (QED) is 0.467. The van der Waals surface area contributed by atoms with E-state index in [4.69, 9.17) is 0 Å². The number of likely N-dealkylation sites (tertiary alicyclic amines) is 1. The molecule has 2 nitrogen and oxygen atoms in total. The standard InChI is InChI=1S/C18H26N2.C11H10/c1-4-15(2)20-12-10-17(11-13-20)14-19-16(3)18-8-6-5-7-9-18;1-9-6-7-10-4-2-3-5-11(10)8-9/h5-9,17,19H,2-4,10-14H2,1H3;2-8H,1H3. The van der Waals surface area contributed by atoms with Crippen molar-refractivity contribution in [2.24, 2.45) is 5.92 Å². The molecular formula is C29H36N2. The molecule has 0 aromatic heterocycles. The Morgan fingerprint density at radius 2 is 1.55 bits per heavy atom. The molecule has 31 heavy (non-hydrogen) atoms. The minimum Gasteiger partial charge on any atom is -0.385 e. The summed E-state index contributed by atoms with van der Waals surface area (Å²) in [7, 11) is 0. The molecule has 0 aliphatic carbocycles. The molecule has 1 saturated heterocycles. The van der Waals surface area contributed by atoms with Gasteiger partial charge in [0.25, 0.3) is 0 Å². The van der Waals surface area contributed by atoms with Crippen LogP contribution in [0.3, 0.4) is 0 Å². The Balaban J connectivity index is 0.000000207. The molecule has 1 heterocycles. The third kappa shape index (κ3) is 6.75. The summed E-state index contributed by atoms with van der Waals surface area (Å²) >= 11 is 0. The van der Waals surface area contributed by atoms with E-state index in [0.717, 1.165) is 37.7 Å². The van der Waals surface area contributed by atoms with E-state index in [-0.39, 0.29) is 0 Å². The van der Waals surface area contributed by atoms with Crippen molar-refractivity contribution < 1.29 is 0 Å². The summed E-state index contributed by atoms with van der Waals surface area (Å²) in [6.07, 6.45) is 3.55. The lowest BCUT2D eigenvalue weighted by atomic mass is 9.96. The zero-order chi connectivity index (χ0) is 22.1. The first-order valence-electron chi connectivity index (χ1n) is 11.4. The maximum Gasteiger partial charge on any atom is 0.0340 e. The minimum atomic E-state index is 0.747. The third-order valence-corrected chi connectivity index (χ3v) is 6.10. The average molecular weight is 413 g/mol. The van der Waals surface area contributed by atoms with E-state index in [1.165, 1.54) is 40.4 Å². The van der Waals surface area contributed by atoms with Gasteiger partial charge >= 0.3 is 0 Å². The molecule has 1 aliphatic heterocycles. The Labute approximate surface area is 188 Å². The van der Waals surface area contributed by atoms with Crippen LogP contribution in [0.15, 0.2) is 91.7 Å². The van der Waals surface area contributed by atoms with E-state index in [2.05, 4.69) is 104 Å². The molecule has 0 radical (unpaired) electrons. The number of fused-ring (bicyclic) bond motifs is 1. The molecule has 1 N–H and O–H groups in total. The van der Waals surface area contributed by atoms with E-state index < -0.39 is 0 Å². The van der Waals surface area contributed by atoms with Gasteiger partial charge in [-0.25, -0.2) is 0 Å². The Bertz CT molecular complexity index is 982. The van der Waals surface area contributed by atoms with Crippen LogP contribution < -0.4 is 5.32 Å². The number of allylic oxidation sites excluding steroid dienone is 1. The average Bonchev–Trinajstić information content (AvgIpc) is 2.83. The fourth-order valence-corrected chi connectivity index (χ4v) is 3.99. The van der Waals surface area contributed by atoms with Crippen LogP contribution in [0, 0.1) is 12.8 Å². The maximum absolute atomic E-state index is 4.13. The van der Waals surface area contributed by atoms with Gasteiger partial charge in [0.05, 0.1) is 0 Å². The van der Waals surface area contributed by atoms with Gasteiger partial charge in [-0.3, -0.25) is 0 Å². The molecule has 0 bridgehead atoms. The molecule has 0 spiro atoms. The van der Waals surface area contributed by atoms with Crippen molar-refractivity contribution in [3.63, 3.8) is 0 Å². The van der Waals surface area contributed by atoms with Crippen LogP contribution in [0.5, 0.6) is 0 Å². The van der Waals surface area contributed by atoms with Crippen LogP contribution in [0.4, 0.5) is 0 Å². The first-order valence-corrected chi connectivity index (χ1v) is 11.4. The fourth-order valence-electron chi connectivity index (χ4n) is 3.99. The van der Waals surface area contributed by atoms with Gasteiger partial charge < -0.3 is 10.2 Å². The van der Waals surface area contributed by atoms with Crippen molar-refractivity contribution in [1.29, 1.82) is 0 Å². The number of aryl methyl sites for hydroxylation is 1. The number of nitrogens with one attached hydrogen (secondary N) is 1. The van der Waals surface area contributed by atoms with E-state index in [1.54, 1.807) is 0 Å². The number of nitrogens with zero attached hydrogens (tertiary/aromatic N) is 1. The number of hydrogen-bond acceptors (Lipinski definition) is 2. The smallest absolute Gasteiger partial charge is 0.0340 e. The van der Waals surface area contributed by atoms with Crippen molar-refractivity contribution >= 4 is 16.5 Å². The number of piperidine rings is 1. The SMILES string of the molecule is C=C(NCC1CCN(C(=C)CC)CC1)c1ccccc1.Cc1ccc2ccccc2c1. The van der Waals surface area contributed by atoms with Crippen LogP contribution in [0.2, 0.25) is 0 Å². The Kier molecular flexibility index (Phi) is 8.35. The lowest BCUT2D eigenvalue weighted by Gasteiger charge is -2.34. The summed E-state index contributed by atoms with van der Waals surface area (Å²) in [5.74, 6) is 0.747. The van der Waals surface area contributed by atoms with Crippen LogP contribution in [-0.2, 0) is 0 Å². The van der Waals surface area contributed by atoms with Gasteiger partial charge in [-0.05, 0) is 48.4 Å². The predicted octanol–water partition coefficient (Wildman–Crippen LogP) is 7.03. The van der Waals surface area contributed by atoms with Gasteiger partial charge in [-0.15, -0.1) is 0 Å². The van der Waals surface area contributed by atoms with Gasteiger partial charge in [-0.1, -0.05) is 98.4 Å². The molecular weight excluding hydrogens is 376 g/mol. The van der Waals surface area contributed by atoms with E-state index in [1.807, 2.05) is 6.07 Å². The second kappa shape index (κ2) is 11.4. The zero-order valence-corrected chi connectivity index (χ0v) is 19.1. The van der Waals surface area contributed by atoms with Crippen molar-refractivity contribution in [2.45, 2.75) is 33.1 Å². The maximum atomic E-state index is 4.13. The van der Waals surface area contributed by atoms with Crippen LogP contribution in [-0.4, -0.2) is 24.5 Å². The molecule has 3 aromatic carbocycles. The molecule has 1 fully saturated rings. The van der Waals surface area contributed by atoms with E-state index >= 15 is 0 Å². The first kappa shape index (κ1) is 22.7. The molecule has 2 heteroatoms. The van der Waals surface area contributed by atoms with Gasteiger partial charge in [0.15, 0.2) is 0 Å². The monoisotopic (exact) mass is 412 g/mol. The molecule has 3 aromatic rings. The topological polar surface area (TPSA) is 15.3 Å². The molecule has 0 amide bonds. The van der Waals surface area contributed by atoms with Crippen molar-refractivity contribution in [3.8, 4) is 0 Å². The van der Waals surface area contributed by atoms with E-state index in [9.17, 15) is 0 Å². The van der Waals surface area contributed by atoms with Crippen molar-refractivity contribution in [2.75, 3.05) is 19.6 Å². The Morgan fingerprint density at radius 3 is 2.23 bits per heavy atom. The summed E-state index contributed by atoms with van der Waals surface area (Å²) in [4.78, 5) is 2.43. The molecule has 0 atom stereocenters. The number of rotatable bonds is 6. The normalized spacial score (nSPS) is 13.9. The van der Waals surface area contributed by atoms with Crippen LogP contribution in [0.25, 0.3) is 16.5 Å². The summed E-state index contributed by atoms with van der Waals surface area (Å²) in [5.41, 5.74) is 4.82. The largest absolute Gasteiger partial charge is 0.385 e. The second-order valence-corrected chi connectivity index (χ2v) is 8.43. The van der Waals surface area contributed by atoms with Crippen molar-refractivity contribution in [1.82, 2.24) is 10.2 Å². The lowest BCUT2D eigenvalue weighted by Crippen LogP contribution is -2.36. The second-order valence-electron chi connectivity index (χ2n) is 8.43. The summed E-state index contributed by atoms with van der Waals surface area (Å²) in [6, 6.07) is 25.3. The summed E-state index contributed by atoms with van der Waals surface area (Å²) in [5, 5.41) is 6.14. The van der Waals surface area contributed by atoms with E-state index in [0.29, 0.717) is 0 Å². The molecule has 1 aliphatic rings. The summed E-state index contributed by atoms with van der Waals surface area (Å²) < 4.78 is 0. The van der Waals surface area contributed by atoms with Gasteiger partial charge in [0, 0.05) is 31.0 Å². The molecule has 0 unspecified atom stereocenters. The molecule has 0 saturated carbocycles. The van der Waals surface area contributed by atoms with Crippen LogP contribution in [0.1, 0.15) is 37.3 Å². The zero-order valence-electron chi connectivity index (χ0n) is 19.1. The van der Waals surface area contributed by atoms with Gasteiger partial charge in [0.1, 0.15) is 0 Å². The van der Waals surface area contributed by atoms with Crippen molar-refractivity contribution in [3.05, 3.63) is 103 Å². The molecule has 4 rings (SSSR count). The highest BCUT2D eigenvalue weighted by Crippen LogP contribution is 2.21. The highest BCUT2D eigenvalue weighted by Gasteiger charge is 2.19. The van der Waals surface area contributed by atoms with Gasteiger partial charge in [0.2, 0.25) is 0 Å². The molecule has 162 valence electrons. The first-order chi connectivity index (χ1) is 15.1. The third-order valence-electron chi connectivity index (χ3n) is 6.10. The highest BCUT2D eigenvalue weighted by molar-refractivity contribution is 5.82. The van der Waals surface area contributed by atoms with Gasteiger partial charge in [-0.2, -0.15) is 0 Å². The lowest BCUT2D eigenvalue weighted by molar-refractivity contribution is 0.223. The Hall–Kier alpha value is -3.00. The predicted molar refractivity (Wildman–Crippen MR) is 136 cm³/mol. The summed E-state index contributed by atoms with van der Waals surface area (Å²) in [6.45, 7) is 15.9. The minimum absolute atomic E-state index is 0.747. The number of benzene rings is 3. The fraction of sp³-hybridized carbons (Fsp3) is 0.310. The number of hydrogen-bond donors (Lipinski definition) is 1. The van der Waals surface area contributed by atoms with Crippen LogP contribution >= 0.6 is 0 Å². The highest BCUT2D eigenvalue weighted by atomic mass is 15.1.